The van der Waals surface area contributed by atoms with Crippen molar-refractivity contribution in [3.05, 3.63) is 34.9 Å². The molecule has 15 heavy (non-hydrogen) atoms. The standard InChI is InChI=1S/C13H18O2/c1-4-9(2)5-6-11-8-12(14)10(3)7-13(11)15/h5,7-8,14-15H,4,6H2,1-3H3. The molecule has 82 valence electrons. The van der Waals surface area contributed by atoms with E-state index in [1.54, 1.807) is 19.1 Å². The molecule has 0 heterocycles. The Morgan fingerprint density at radius 2 is 1.93 bits per heavy atom. The van der Waals surface area contributed by atoms with Gasteiger partial charge < -0.3 is 10.2 Å². The maximum Gasteiger partial charge on any atom is 0.119 e. The molecule has 2 heteroatoms. The first-order valence-electron chi connectivity index (χ1n) is 5.21. The van der Waals surface area contributed by atoms with E-state index < -0.39 is 0 Å². The molecule has 0 aliphatic heterocycles. The molecule has 0 fully saturated rings. The fraction of sp³-hybridized carbons (Fsp3) is 0.385. The molecule has 0 aromatic heterocycles. The van der Waals surface area contributed by atoms with E-state index >= 15 is 0 Å². The van der Waals surface area contributed by atoms with Gasteiger partial charge in [0.2, 0.25) is 0 Å². The van der Waals surface area contributed by atoms with Crippen LogP contribution in [0, 0.1) is 6.92 Å². The Hall–Kier alpha value is -1.44. The molecule has 0 atom stereocenters. The molecule has 0 amide bonds. The van der Waals surface area contributed by atoms with Crippen molar-refractivity contribution in [2.75, 3.05) is 0 Å². The summed E-state index contributed by atoms with van der Waals surface area (Å²) >= 11 is 0. The van der Waals surface area contributed by atoms with E-state index in [-0.39, 0.29) is 11.5 Å². The van der Waals surface area contributed by atoms with Crippen LogP contribution in [0.25, 0.3) is 0 Å². The zero-order chi connectivity index (χ0) is 11.4. The number of benzene rings is 1. The van der Waals surface area contributed by atoms with Gasteiger partial charge in [0.1, 0.15) is 11.5 Å². The van der Waals surface area contributed by atoms with Gasteiger partial charge in [0.15, 0.2) is 0 Å². The third-order valence-corrected chi connectivity index (χ3v) is 2.63. The zero-order valence-electron chi connectivity index (χ0n) is 9.54. The molecule has 0 aliphatic carbocycles. The molecule has 0 saturated heterocycles. The van der Waals surface area contributed by atoms with Crippen molar-refractivity contribution < 1.29 is 10.2 Å². The fourth-order valence-electron chi connectivity index (χ4n) is 1.32. The highest BCUT2D eigenvalue weighted by Gasteiger charge is 2.04. The summed E-state index contributed by atoms with van der Waals surface area (Å²) in [4.78, 5) is 0. The van der Waals surface area contributed by atoms with Crippen molar-refractivity contribution in [1.82, 2.24) is 0 Å². The number of phenols is 2. The lowest BCUT2D eigenvalue weighted by atomic mass is 10.0. The van der Waals surface area contributed by atoms with E-state index in [1.807, 2.05) is 0 Å². The van der Waals surface area contributed by atoms with Crippen LogP contribution >= 0.6 is 0 Å². The molecule has 1 rings (SSSR count). The van der Waals surface area contributed by atoms with E-state index in [9.17, 15) is 10.2 Å². The summed E-state index contributed by atoms with van der Waals surface area (Å²) in [5.41, 5.74) is 2.76. The minimum atomic E-state index is 0.241. The largest absolute Gasteiger partial charge is 0.508 e. The van der Waals surface area contributed by atoms with Crippen LogP contribution in [0.1, 0.15) is 31.4 Å². The molecule has 0 spiro atoms. The molecule has 1 aromatic rings. The van der Waals surface area contributed by atoms with Crippen molar-refractivity contribution in [1.29, 1.82) is 0 Å². The van der Waals surface area contributed by atoms with Gasteiger partial charge in [-0.3, -0.25) is 0 Å². The Bertz CT molecular complexity index is 378. The highest BCUT2D eigenvalue weighted by molar-refractivity contribution is 5.45. The van der Waals surface area contributed by atoms with Crippen LogP contribution in [-0.4, -0.2) is 10.2 Å². The monoisotopic (exact) mass is 206 g/mol. The summed E-state index contributed by atoms with van der Waals surface area (Å²) < 4.78 is 0. The van der Waals surface area contributed by atoms with E-state index in [4.69, 9.17) is 0 Å². The van der Waals surface area contributed by atoms with Gasteiger partial charge in [0.05, 0.1) is 0 Å². The van der Waals surface area contributed by atoms with Crippen LogP contribution in [-0.2, 0) is 6.42 Å². The molecule has 0 bridgehead atoms. The van der Waals surface area contributed by atoms with Crippen molar-refractivity contribution in [3.63, 3.8) is 0 Å². The number of hydrogen-bond acceptors (Lipinski definition) is 2. The summed E-state index contributed by atoms with van der Waals surface area (Å²) in [7, 11) is 0. The van der Waals surface area contributed by atoms with E-state index in [2.05, 4.69) is 19.9 Å². The smallest absolute Gasteiger partial charge is 0.119 e. The first kappa shape index (κ1) is 11.6. The van der Waals surface area contributed by atoms with E-state index in [1.165, 1.54) is 5.57 Å². The average Bonchev–Trinajstić information content (AvgIpc) is 2.21. The first-order valence-corrected chi connectivity index (χ1v) is 5.21. The molecule has 0 saturated carbocycles. The normalized spacial score (nSPS) is 11.8. The summed E-state index contributed by atoms with van der Waals surface area (Å²) in [6.07, 6.45) is 3.75. The highest BCUT2D eigenvalue weighted by Crippen LogP contribution is 2.27. The van der Waals surface area contributed by atoms with Gasteiger partial charge in [-0.25, -0.2) is 0 Å². The second-order valence-electron chi connectivity index (χ2n) is 3.88. The van der Waals surface area contributed by atoms with Gasteiger partial charge in [-0.2, -0.15) is 0 Å². The third-order valence-electron chi connectivity index (χ3n) is 2.63. The fourth-order valence-corrected chi connectivity index (χ4v) is 1.32. The van der Waals surface area contributed by atoms with Gasteiger partial charge in [-0.15, -0.1) is 0 Å². The van der Waals surface area contributed by atoms with Crippen LogP contribution in [0.4, 0.5) is 0 Å². The van der Waals surface area contributed by atoms with E-state index in [0.29, 0.717) is 12.0 Å². The van der Waals surface area contributed by atoms with Crippen molar-refractivity contribution in [3.8, 4) is 11.5 Å². The maximum atomic E-state index is 9.66. The summed E-state index contributed by atoms with van der Waals surface area (Å²) in [5.74, 6) is 0.496. The quantitative estimate of drug-likeness (QED) is 0.588. The molecule has 1 aromatic carbocycles. The number of aromatic hydroxyl groups is 2. The maximum absolute atomic E-state index is 9.66. The lowest BCUT2D eigenvalue weighted by Crippen LogP contribution is -1.86. The second kappa shape index (κ2) is 4.87. The molecule has 0 radical (unpaired) electrons. The van der Waals surface area contributed by atoms with Crippen LogP contribution in [0.2, 0.25) is 0 Å². The molecule has 0 aliphatic rings. The predicted octanol–water partition coefficient (Wildman–Crippen LogP) is 3.31. The summed E-state index contributed by atoms with van der Waals surface area (Å²) in [6, 6.07) is 3.23. The molecule has 2 nitrogen and oxygen atoms in total. The lowest BCUT2D eigenvalue weighted by Gasteiger charge is -2.06. The first-order chi connectivity index (χ1) is 7.04. The molecular formula is C13H18O2. The second-order valence-corrected chi connectivity index (χ2v) is 3.88. The molecule has 0 unspecified atom stereocenters. The van der Waals surface area contributed by atoms with Gasteiger partial charge in [-0.1, -0.05) is 18.6 Å². The minimum Gasteiger partial charge on any atom is -0.508 e. The van der Waals surface area contributed by atoms with Crippen LogP contribution in [0.15, 0.2) is 23.8 Å². The average molecular weight is 206 g/mol. The third kappa shape index (κ3) is 3.01. The van der Waals surface area contributed by atoms with Crippen molar-refractivity contribution >= 4 is 0 Å². The number of hydrogen-bond donors (Lipinski definition) is 2. The van der Waals surface area contributed by atoms with Crippen molar-refractivity contribution in [2.45, 2.75) is 33.6 Å². The Balaban J connectivity index is 2.91. The lowest BCUT2D eigenvalue weighted by molar-refractivity contribution is 0.452. The van der Waals surface area contributed by atoms with Gasteiger partial charge >= 0.3 is 0 Å². The Kier molecular flexibility index (Phi) is 3.78. The SMILES string of the molecule is CCC(C)=CCc1cc(O)c(C)cc1O. The number of phenolic OH excluding ortho intramolecular Hbond substituents is 2. The zero-order valence-corrected chi connectivity index (χ0v) is 9.54. The predicted molar refractivity (Wildman–Crippen MR) is 62.3 cm³/mol. The Labute approximate surface area is 90.9 Å². The summed E-state index contributed by atoms with van der Waals surface area (Å²) in [6.45, 7) is 5.93. The van der Waals surface area contributed by atoms with Crippen LogP contribution < -0.4 is 0 Å². The molecule has 2 N–H and O–H groups in total. The highest BCUT2D eigenvalue weighted by atomic mass is 16.3. The number of rotatable bonds is 3. The Morgan fingerprint density at radius 3 is 2.53 bits per heavy atom. The van der Waals surface area contributed by atoms with Crippen LogP contribution in [0.3, 0.4) is 0 Å². The summed E-state index contributed by atoms with van der Waals surface area (Å²) in [5, 5.41) is 19.2. The van der Waals surface area contributed by atoms with Gasteiger partial charge in [0.25, 0.3) is 0 Å². The number of aryl methyl sites for hydroxylation is 1. The topological polar surface area (TPSA) is 40.5 Å². The number of allylic oxidation sites excluding steroid dienone is 2. The van der Waals surface area contributed by atoms with Crippen molar-refractivity contribution in [2.24, 2.45) is 0 Å². The molecular weight excluding hydrogens is 188 g/mol. The minimum absolute atomic E-state index is 0.241. The van der Waals surface area contributed by atoms with Gasteiger partial charge in [-0.05, 0) is 44.4 Å². The van der Waals surface area contributed by atoms with Crippen LogP contribution in [0.5, 0.6) is 11.5 Å². The van der Waals surface area contributed by atoms with Gasteiger partial charge in [0, 0.05) is 5.56 Å². The van der Waals surface area contributed by atoms with E-state index in [0.717, 1.165) is 12.0 Å². The Morgan fingerprint density at radius 1 is 1.27 bits per heavy atom.